The van der Waals surface area contributed by atoms with Gasteiger partial charge in [0, 0.05) is 34.8 Å². The van der Waals surface area contributed by atoms with Gasteiger partial charge in [0.2, 0.25) is 0 Å². The Bertz CT molecular complexity index is 400. The fourth-order valence-electron chi connectivity index (χ4n) is 2.71. The van der Waals surface area contributed by atoms with Crippen molar-refractivity contribution in [2.75, 3.05) is 13.1 Å². The van der Waals surface area contributed by atoms with Gasteiger partial charge in [-0.05, 0) is 60.6 Å². The average molecular weight is 372 g/mol. The minimum absolute atomic E-state index is 0.243. The fraction of sp³-hybridized carbons (Fsp3) is 0.625. The Kier molecular flexibility index (Phi) is 5.26. The van der Waals surface area contributed by atoms with Crippen LogP contribution in [0.15, 0.2) is 24.3 Å². The van der Waals surface area contributed by atoms with Crippen molar-refractivity contribution in [2.24, 2.45) is 0 Å². The molecule has 1 aromatic rings. The molecule has 1 aliphatic rings. The first-order chi connectivity index (χ1) is 9.01. The molecule has 3 heteroatoms. The highest BCUT2D eigenvalue weighted by atomic mass is 127. The van der Waals surface area contributed by atoms with Crippen LogP contribution in [0, 0.1) is 3.57 Å². The molecule has 0 saturated carbocycles. The second-order valence-electron chi connectivity index (χ2n) is 6.19. The van der Waals surface area contributed by atoms with Crippen LogP contribution in [0.3, 0.4) is 0 Å². The second kappa shape index (κ2) is 6.55. The molecule has 0 aromatic heterocycles. The van der Waals surface area contributed by atoms with Gasteiger partial charge in [0.1, 0.15) is 0 Å². The summed E-state index contributed by atoms with van der Waals surface area (Å²) in [5.41, 5.74) is 1.67. The number of piperazine rings is 1. The molecule has 1 heterocycles. The number of nitrogens with zero attached hydrogens (tertiary/aromatic N) is 1. The van der Waals surface area contributed by atoms with E-state index in [9.17, 15) is 0 Å². The third kappa shape index (κ3) is 4.17. The number of nitrogens with one attached hydrogen (secondary N) is 1. The van der Waals surface area contributed by atoms with Gasteiger partial charge < -0.3 is 5.32 Å². The van der Waals surface area contributed by atoms with Crippen molar-refractivity contribution in [2.45, 2.75) is 51.7 Å². The van der Waals surface area contributed by atoms with E-state index in [-0.39, 0.29) is 5.54 Å². The third-order valence-corrected chi connectivity index (χ3v) is 4.76. The Morgan fingerprint density at radius 1 is 1.32 bits per heavy atom. The Morgan fingerprint density at radius 3 is 2.63 bits per heavy atom. The SMILES string of the molecule is CCCC1CN(Cc2ccc(I)cc2)C(C)(C)CN1. The van der Waals surface area contributed by atoms with E-state index < -0.39 is 0 Å². The Labute approximate surface area is 131 Å². The van der Waals surface area contributed by atoms with E-state index in [1.54, 1.807) is 0 Å². The van der Waals surface area contributed by atoms with Gasteiger partial charge >= 0.3 is 0 Å². The number of hydrogen-bond donors (Lipinski definition) is 1. The number of rotatable bonds is 4. The van der Waals surface area contributed by atoms with Crippen LogP contribution in [0.5, 0.6) is 0 Å². The van der Waals surface area contributed by atoms with E-state index in [4.69, 9.17) is 0 Å². The second-order valence-corrected chi connectivity index (χ2v) is 7.43. The summed E-state index contributed by atoms with van der Waals surface area (Å²) < 4.78 is 1.31. The molecule has 0 aliphatic carbocycles. The number of hydrogen-bond acceptors (Lipinski definition) is 2. The molecule has 1 saturated heterocycles. The van der Waals surface area contributed by atoms with Crippen LogP contribution in [0.25, 0.3) is 0 Å². The first-order valence-corrected chi connectivity index (χ1v) is 8.32. The number of halogens is 1. The average Bonchev–Trinajstić information content (AvgIpc) is 2.37. The Morgan fingerprint density at radius 2 is 2.00 bits per heavy atom. The van der Waals surface area contributed by atoms with Gasteiger partial charge in [-0.3, -0.25) is 4.90 Å². The van der Waals surface area contributed by atoms with Crippen LogP contribution in [0.1, 0.15) is 39.2 Å². The fourth-order valence-corrected chi connectivity index (χ4v) is 3.07. The van der Waals surface area contributed by atoms with Crippen LogP contribution in [-0.4, -0.2) is 29.6 Å². The molecule has 0 spiro atoms. The van der Waals surface area contributed by atoms with Crippen molar-refractivity contribution < 1.29 is 0 Å². The normalized spacial score (nSPS) is 23.5. The van der Waals surface area contributed by atoms with Crippen LogP contribution in [0.2, 0.25) is 0 Å². The molecule has 0 bridgehead atoms. The van der Waals surface area contributed by atoms with E-state index >= 15 is 0 Å². The minimum atomic E-state index is 0.243. The highest BCUT2D eigenvalue weighted by Crippen LogP contribution is 2.23. The molecule has 1 fully saturated rings. The van der Waals surface area contributed by atoms with E-state index in [2.05, 4.69) is 77.8 Å². The van der Waals surface area contributed by atoms with E-state index in [1.165, 1.54) is 22.0 Å². The largest absolute Gasteiger partial charge is 0.311 e. The maximum atomic E-state index is 3.69. The standard InChI is InChI=1S/C16H25IN2/c1-4-5-15-11-19(16(2,3)12-18-15)10-13-6-8-14(17)9-7-13/h6-9,15,18H,4-5,10-12H2,1-3H3. The van der Waals surface area contributed by atoms with Gasteiger partial charge in [0.25, 0.3) is 0 Å². The maximum absolute atomic E-state index is 3.69. The predicted octanol–water partition coefficient (Wildman–Crippen LogP) is 3.64. The first-order valence-electron chi connectivity index (χ1n) is 7.24. The van der Waals surface area contributed by atoms with Crippen molar-refractivity contribution in [3.63, 3.8) is 0 Å². The van der Waals surface area contributed by atoms with E-state index in [0.717, 1.165) is 19.6 Å². The summed E-state index contributed by atoms with van der Waals surface area (Å²) in [6, 6.07) is 9.58. The predicted molar refractivity (Wildman–Crippen MR) is 90.3 cm³/mol. The molecule has 106 valence electrons. The lowest BCUT2D eigenvalue weighted by Gasteiger charge is -2.46. The van der Waals surface area contributed by atoms with Gasteiger partial charge in [0.15, 0.2) is 0 Å². The summed E-state index contributed by atoms with van der Waals surface area (Å²) in [6.45, 7) is 10.3. The first kappa shape index (κ1) is 15.3. The van der Waals surface area contributed by atoms with Crippen molar-refractivity contribution >= 4 is 22.6 Å². The molecule has 19 heavy (non-hydrogen) atoms. The smallest absolute Gasteiger partial charge is 0.0281 e. The highest BCUT2D eigenvalue weighted by Gasteiger charge is 2.33. The van der Waals surface area contributed by atoms with Crippen molar-refractivity contribution in [1.29, 1.82) is 0 Å². The van der Waals surface area contributed by atoms with Gasteiger partial charge in [-0.15, -0.1) is 0 Å². The summed E-state index contributed by atoms with van der Waals surface area (Å²) >= 11 is 2.36. The Hall–Kier alpha value is -0.130. The minimum Gasteiger partial charge on any atom is -0.311 e. The molecule has 1 aliphatic heterocycles. The molecule has 2 rings (SSSR count). The van der Waals surface area contributed by atoms with E-state index in [0.29, 0.717) is 6.04 Å². The van der Waals surface area contributed by atoms with Crippen molar-refractivity contribution in [3.05, 3.63) is 33.4 Å². The molecular weight excluding hydrogens is 347 g/mol. The lowest BCUT2D eigenvalue weighted by molar-refractivity contribution is 0.0564. The summed E-state index contributed by atoms with van der Waals surface area (Å²) in [4.78, 5) is 2.63. The van der Waals surface area contributed by atoms with Crippen LogP contribution < -0.4 is 5.32 Å². The summed E-state index contributed by atoms with van der Waals surface area (Å²) in [6.07, 6.45) is 2.54. The third-order valence-electron chi connectivity index (χ3n) is 4.04. The molecular formula is C16H25IN2. The highest BCUT2D eigenvalue weighted by molar-refractivity contribution is 14.1. The van der Waals surface area contributed by atoms with Crippen molar-refractivity contribution in [1.82, 2.24) is 10.2 Å². The van der Waals surface area contributed by atoms with Gasteiger partial charge in [0.05, 0.1) is 0 Å². The van der Waals surface area contributed by atoms with Gasteiger partial charge in [-0.25, -0.2) is 0 Å². The summed E-state index contributed by atoms with van der Waals surface area (Å²) in [5, 5.41) is 3.69. The molecule has 1 atom stereocenters. The zero-order chi connectivity index (χ0) is 13.9. The zero-order valence-electron chi connectivity index (χ0n) is 12.2. The topological polar surface area (TPSA) is 15.3 Å². The molecule has 2 nitrogen and oxygen atoms in total. The molecule has 0 amide bonds. The maximum Gasteiger partial charge on any atom is 0.0281 e. The lowest BCUT2D eigenvalue weighted by Crippen LogP contribution is -2.61. The van der Waals surface area contributed by atoms with E-state index in [1.807, 2.05) is 0 Å². The molecule has 1 unspecified atom stereocenters. The van der Waals surface area contributed by atoms with Crippen LogP contribution >= 0.6 is 22.6 Å². The molecule has 1 aromatic carbocycles. The zero-order valence-corrected chi connectivity index (χ0v) is 14.4. The van der Waals surface area contributed by atoms with Crippen LogP contribution in [0.4, 0.5) is 0 Å². The summed E-state index contributed by atoms with van der Waals surface area (Å²) in [5.74, 6) is 0. The van der Waals surface area contributed by atoms with Gasteiger partial charge in [-0.2, -0.15) is 0 Å². The monoisotopic (exact) mass is 372 g/mol. The quantitative estimate of drug-likeness (QED) is 0.812. The van der Waals surface area contributed by atoms with Crippen LogP contribution in [-0.2, 0) is 6.54 Å². The Balaban J connectivity index is 2.04. The molecule has 0 radical (unpaired) electrons. The van der Waals surface area contributed by atoms with Crippen molar-refractivity contribution in [3.8, 4) is 0 Å². The number of benzene rings is 1. The lowest BCUT2D eigenvalue weighted by atomic mass is 9.95. The molecule has 1 N–H and O–H groups in total. The van der Waals surface area contributed by atoms with Gasteiger partial charge in [-0.1, -0.05) is 25.5 Å². The summed E-state index contributed by atoms with van der Waals surface area (Å²) in [7, 11) is 0.